The van der Waals surface area contributed by atoms with Crippen molar-refractivity contribution >= 4 is 56.9 Å². The van der Waals surface area contributed by atoms with Crippen LogP contribution in [-0.2, 0) is 20.8 Å². The van der Waals surface area contributed by atoms with Crippen LogP contribution in [0, 0.1) is 0 Å². The van der Waals surface area contributed by atoms with Crippen LogP contribution in [-0.4, -0.2) is 41.6 Å². The van der Waals surface area contributed by atoms with Gasteiger partial charge in [0.2, 0.25) is 5.91 Å². The van der Waals surface area contributed by atoms with Crippen LogP contribution in [0.2, 0.25) is 5.02 Å². The van der Waals surface area contributed by atoms with Crippen LogP contribution in [0.15, 0.2) is 63.9 Å². The van der Waals surface area contributed by atoms with E-state index in [9.17, 15) is 14.4 Å². The Morgan fingerprint density at radius 2 is 1.89 bits per heavy atom. The van der Waals surface area contributed by atoms with Crippen molar-refractivity contribution < 1.29 is 14.4 Å². The number of anilines is 1. The lowest BCUT2D eigenvalue weighted by Gasteiger charge is -2.26. The van der Waals surface area contributed by atoms with Gasteiger partial charge in [-0.15, -0.1) is 0 Å². The number of amides is 2. The Labute approximate surface area is 217 Å². The number of hydrogen-bond acceptors (Lipinski definition) is 5. The van der Waals surface area contributed by atoms with Crippen LogP contribution in [0.4, 0.5) is 5.69 Å². The van der Waals surface area contributed by atoms with Crippen LogP contribution < -0.4 is 10.2 Å². The van der Waals surface area contributed by atoms with Crippen LogP contribution >= 0.6 is 27.5 Å². The summed E-state index contributed by atoms with van der Waals surface area (Å²) in [7, 11) is 0. The fraction of sp³-hybridized carbons (Fsp3) is 0.296. The van der Waals surface area contributed by atoms with Gasteiger partial charge in [-0.05, 0) is 66.8 Å². The van der Waals surface area contributed by atoms with Gasteiger partial charge in [0.15, 0.2) is 5.78 Å². The molecule has 2 aliphatic heterocycles. The third-order valence-corrected chi connectivity index (χ3v) is 7.55. The third-order valence-electron chi connectivity index (χ3n) is 6.80. The number of hydrogen-bond donors (Lipinski definition) is 1. The summed E-state index contributed by atoms with van der Waals surface area (Å²) in [5.74, 6) is 0.226. The van der Waals surface area contributed by atoms with Gasteiger partial charge in [-0.2, -0.15) is 0 Å². The summed E-state index contributed by atoms with van der Waals surface area (Å²) >= 11 is 9.44. The molecule has 6 nitrogen and oxygen atoms in total. The molecule has 0 aromatic heterocycles. The Morgan fingerprint density at radius 3 is 2.63 bits per heavy atom. The zero-order valence-corrected chi connectivity index (χ0v) is 21.7. The number of aryl methyl sites for hydroxylation is 1. The normalized spacial score (nSPS) is 23.7. The molecule has 0 spiro atoms. The molecule has 0 bridgehead atoms. The summed E-state index contributed by atoms with van der Waals surface area (Å²) in [5, 5.41) is 3.97. The Morgan fingerprint density at radius 1 is 1.11 bits per heavy atom. The molecule has 5 rings (SSSR count). The van der Waals surface area contributed by atoms with Crippen molar-refractivity contribution in [3.05, 3.63) is 80.1 Å². The van der Waals surface area contributed by atoms with Crippen LogP contribution in [0.1, 0.15) is 37.3 Å². The van der Waals surface area contributed by atoms with Gasteiger partial charge in [-0.3, -0.25) is 14.4 Å². The molecule has 8 heteroatoms. The predicted molar refractivity (Wildman–Crippen MR) is 140 cm³/mol. The lowest BCUT2D eigenvalue weighted by atomic mass is 10.1. The number of imide groups is 1. The Bertz CT molecular complexity index is 1290. The maximum atomic E-state index is 13.5. The molecule has 1 saturated carbocycles. The molecule has 3 fully saturated rings. The van der Waals surface area contributed by atoms with Crippen molar-refractivity contribution in [3.8, 4) is 0 Å². The Hall–Kier alpha value is -2.90. The highest BCUT2D eigenvalue weighted by atomic mass is 79.9. The minimum atomic E-state index is -0.620. The summed E-state index contributed by atoms with van der Waals surface area (Å²) in [6.45, 7) is 3.20. The number of nitrogens with one attached hydrogen (secondary N) is 1. The van der Waals surface area contributed by atoms with Crippen molar-refractivity contribution in [1.29, 1.82) is 0 Å². The first kappa shape index (κ1) is 23.8. The van der Waals surface area contributed by atoms with E-state index < -0.39 is 6.04 Å². The number of carbonyl (C=O) groups excluding carboxylic acids is 3. The number of carbonyl (C=O) groups is 3. The third kappa shape index (κ3) is 4.43. The summed E-state index contributed by atoms with van der Waals surface area (Å²) in [5.41, 5.74) is 3.91. The minimum Gasteiger partial charge on any atom is -0.370 e. The number of nitrogens with zero attached hydrogens (tertiary/aromatic N) is 2. The van der Waals surface area contributed by atoms with Crippen molar-refractivity contribution in [1.82, 2.24) is 10.2 Å². The van der Waals surface area contributed by atoms with Gasteiger partial charge in [0, 0.05) is 33.7 Å². The van der Waals surface area contributed by atoms with E-state index >= 15 is 0 Å². The lowest BCUT2D eigenvalue weighted by molar-refractivity contribution is -0.122. The first-order chi connectivity index (χ1) is 16.9. The molecular weight excluding hydrogens is 530 g/mol. The van der Waals surface area contributed by atoms with E-state index in [0.29, 0.717) is 54.5 Å². The van der Waals surface area contributed by atoms with Crippen LogP contribution in [0.25, 0.3) is 6.08 Å². The van der Waals surface area contributed by atoms with Crippen molar-refractivity contribution in [2.45, 2.75) is 38.6 Å². The molecule has 3 aliphatic rings. The second-order valence-corrected chi connectivity index (χ2v) is 10.3. The minimum absolute atomic E-state index is 0.0100. The van der Waals surface area contributed by atoms with E-state index in [2.05, 4.69) is 21.2 Å². The molecule has 2 aromatic rings. The lowest BCUT2D eigenvalue weighted by Crippen LogP contribution is -2.41. The quantitative estimate of drug-likeness (QED) is 0.432. The molecule has 1 aliphatic carbocycles. The molecule has 2 heterocycles. The standard InChI is InChI=1S/C27H25BrClN3O3/c1-2-17-14-19(28)6-10-22(17)32-24(33)15-23(27(32)35)31-12-11-30-26(31)21-9-5-18(25(21)34)13-16-3-7-20(29)8-4-16/h3-4,6-8,10,13-14,23,30H,2,5,9,11-12,15H2,1H3/b18-13-,26-21+/t23-/m0/s1. The fourth-order valence-corrected chi connectivity index (χ4v) is 5.61. The number of allylic oxidation sites excluding steroid dienone is 2. The molecular formula is C27H25BrClN3O3. The molecule has 0 radical (unpaired) electrons. The van der Waals surface area contributed by atoms with Gasteiger partial charge in [0.1, 0.15) is 11.9 Å². The second kappa shape index (κ2) is 9.63. The SMILES string of the molecule is CCc1cc(Br)ccc1N1C(=O)C[C@H](N2CCN/C2=C2/CC/C(=C/c3ccc(Cl)cc3)C2=O)C1=O. The zero-order chi connectivity index (χ0) is 24.7. The molecule has 2 saturated heterocycles. The largest absolute Gasteiger partial charge is 0.370 e. The van der Waals surface area contributed by atoms with E-state index in [1.807, 2.05) is 48.2 Å². The highest BCUT2D eigenvalue weighted by molar-refractivity contribution is 9.10. The topological polar surface area (TPSA) is 69.7 Å². The highest BCUT2D eigenvalue weighted by Crippen LogP contribution is 2.36. The zero-order valence-electron chi connectivity index (χ0n) is 19.3. The van der Waals surface area contributed by atoms with Gasteiger partial charge in [0.25, 0.3) is 5.91 Å². The van der Waals surface area contributed by atoms with Crippen molar-refractivity contribution in [3.63, 3.8) is 0 Å². The average molecular weight is 555 g/mol. The molecule has 2 aromatic carbocycles. The van der Waals surface area contributed by atoms with E-state index in [4.69, 9.17) is 11.6 Å². The first-order valence-electron chi connectivity index (χ1n) is 11.8. The summed E-state index contributed by atoms with van der Waals surface area (Å²) < 4.78 is 0.909. The van der Waals surface area contributed by atoms with E-state index in [1.54, 1.807) is 12.1 Å². The van der Waals surface area contributed by atoms with Crippen LogP contribution in [0.5, 0.6) is 0 Å². The Balaban J connectivity index is 1.42. The maximum absolute atomic E-state index is 13.5. The second-order valence-electron chi connectivity index (χ2n) is 8.91. The summed E-state index contributed by atoms with van der Waals surface area (Å²) in [4.78, 5) is 43.1. The van der Waals surface area contributed by atoms with Gasteiger partial charge < -0.3 is 10.2 Å². The van der Waals surface area contributed by atoms with Crippen molar-refractivity contribution in [2.24, 2.45) is 0 Å². The number of benzene rings is 2. The molecule has 0 unspecified atom stereocenters. The van der Waals surface area contributed by atoms with Gasteiger partial charge >= 0.3 is 0 Å². The van der Waals surface area contributed by atoms with E-state index in [-0.39, 0.29) is 24.0 Å². The predicted octanol–water partition coefficient (Wildman–Crippen LogP) is 4.86. The molecule has 1 N–H and O–H groups in total. The molecule has 2 amide bonds. The number of rotatable bonds is 4. The number of Topliss-reactive ketones (excluding diaryl/α,β-unsaturated/α-hetero) is 1. The first-order valence-corrected chi connectivity index (χ1v) is 12.9. The highest BCUT2D eigenvalue weighted by Gasteiger charge is 2.46. The van der Waals surface area contributed by atoms with Gasteiger partial charge in [-0.25, -0.2) is 4.90 Å². The van der Waals surface area contributed by atoms with E-state index in [0.717, 1.165) is 21.2 Å². The van der Waals surface area contributed by atoms with Gasteiger partial charge in [-0.1, -0.05) is 46.6 Å². The number of halogens is 2. The monoisotopic (exact) mass is 553 g/mol. The van der Waals surface area contributed by atoms with Gasteiger partial charge in [0.05, 0.1) is 12.1 Å². The number of ketones is 1. The van der Waals surface area contributed by atoms with Crippen molar-refractivity contribution in [2.75, 3.05) is 18.0 Å². The smallest absolute Gasteiger partial charge is 0.257 e. The maximum Gasteiger partial charge on any atom is 0.257 e. The Kier molecular flexibility index (Phi) is 6.55. The van der Waals surface area contributed by atoms with Crippen LogP contribution in [0.3, 0.4) is 0 Å². The molecule has 1 atom stereocenters. The molecule has 35 heavy (non-hydrogen) atoms. The van der Waals surface area contributed by atoms with E-state index in [1.165, 1.54) is 4.90 Å². The average Bonchev–Trinajstić information content (AvgIpc) is 3.53. The summed E-state index contributed by atoms with van der Waals surface area (Å²) in [6, 6.07) is 12.4. The molecule has 180 valence electrons. The summed E-state index contributed by atoms with van der Waals surface area (Å²) in [6.07, 6.45) is 3.93. The fourth-order valence-electron chi connectivity index (χ4n) is 5.07.